The van der Waals surface area contributed by atoms with Crippen molar-refractivity contribution in [2.75, 3.05) is 5.32 Å². The van der Waals surface area contributed by atoms with Gasteiger partial charge in [-0.2, -0.15) is 0 Å². The second-order valence-corrected chi connectivity index (χ2v) is 5.66. The Balaban J connectivity index is 1.92. The molecule has 120 valence electrons. The van der Waals surface area contributed by atoms with E-state index < -0.39 is 5.97 Å². The van der Waals surface area contributed by atoms with Crippen molar-refractivity contribution in [3.8, 4) is 0 Å². The van der Waals surface area contributed by atoms with E-state index in [0.717, 1.165) is 11.1 Å². The maximum atomic E-state index is 12.2. The van der Waals surface area contributed by atoms with Crippen molar-refractivity contribution in [2.24, 2.45) is 0 Å². The summed E-state index contributed by atoms with van der Waals surface area (Å²) in [4.78, 5) is 22.8. The number of nitrogens with one attached hydrogen (secondary N) is 1. The maximum Gasteiger partial charge on any atom is 0.303 e. The molecule has 0 aliphatic heterocycles. The standard InChI is InChI=1S/C19H21NO3/c1-14(16-7-3-2-4-8-16)12-18(21)20-17-9-5-6-15(13-17)10-11-19(22)23/h2-9,13-14H,10-12H2,1H3,(H,20,21)(H,22,23). The third-order valence-electron chi connectivity index (χ3n) is 3.70. The van der Waals surface area contributed by atoms with Gasteiger partial charge in [-0.3, -0.25) is 9.59 Å². The van der Waals surface area contributed by atoms with Gasteiger partial charge in [0, 0.05) is 18.5 Å². The number of carboxylic acid groups (broad SMARTS) is 1. The fourth-order valence-electron chi connectivity index (χ4n) is 2.45. The van der Waals surface area contributed by atoms with E-state index in [-0.39, 0.29) is 18.2 Å². The number of hydrogen-bond acceptors (Lipinski definition) is 2. The van der Waals surface area contributed by atoms with E-state index in [2.05, 4.69) is 5.32 Å². The average molecular weight is 311 g/mol. The van der Waals surface area contributed by atoms with Gasteiger partial charge < -0.3 is 10.4 Å². The van der Waals surface area contributed by atoms with E-state index >= 15 is 0 Å². The summed E-state index contributed by atoms with van der Waals surface area (Å²) >= 11 is 0. The number of carboxylic acids is 1. The first-order chi connectivity index (χ1) is 11.0. The number of benzene rings is 2. The van der Waals surface area contributed by atoms with Crippen LogP contribution in [0.25, 0.3) is 0 Å². The third kappa shape index (κ3) is 5.58. The highest BCUT2D eigenvalue weighted by Gasteiger charge is 2.11. The van der Waals surface area contributed by atoms with Crippen LogP contribution in [-0.2, 0) is 16.0 Å². The summed E-state index contributed by atoms with van der Waals surface area (Å²) < 4.78 is 0. The van der Waals surface area contributed by atoms with Crippen molar-refractivity contribution >= 4 is 17.6 Å². The smallest absolute Gasteiger partial charge is 0.303 e. The van der Waals surface area contributed by atoms with Crippen LogP contribution >= 0.6 is 0 Å². The molecule has 0 bridgehead atoms. The van der Waals surface area contributed by atoms with Gasteiger partial charge in [0.15, 0.2) is 0 Å². The second kappa shape index (κ2) is 8.13. The van der Waals surface area contributed by atoms with E-state index in [9.17, 15) is 9.59 Å². The zero-order valence-corrected chi connectivity index (χ0v) is 13.2. The predicted molar refractivity (Wildman–Crippen MR) is 90.5 cm³/mol. The fourth-order valence-corrected chi connectivity index (χ4v) is 2.45. The molecule has 1 unspecified atom stereocenters. The van der Waals surface area contributed by atoms with Crippen molar-refractivity contribution in [1.29, 1.82) is 0 Å². The van der Waals surface area contributed by atoms with Gasteiger partial charge in [-0.25, -0.2) is 0 Å². The molecule has 0 saturated carbocycles. The van der Waals surface area contributed by atoms with Crippen LogP contribution in [0.2, 0.25) is 0 Å². The van der Waals surface area contributed by atoms with Crippen molar-refractivity contribution < 1.29 is 14.7 Å². The minimum absolute atomic E-state index is 0.0447. The number of carbonyl (C=O) groups is 2. The zero-order chi connectivity index (χ0) is 16.7. The summed E-state index contributed by atoms with van der Waals surface area (Å²) in [6, 6.07) is 17.3. The van der Waals surface area contributed by atoms with Gasteiger partial charge in [-0.15, -0.1) is 0 Å². The quantitative estimate of drug-likeness (QED) is 0.816. The molecule has 2 aromatic rings. The van der Waals surface area contributed by atoms with E-state index in [1.165, 1.54) is 0 Å². The Morgan fingerprint density at radius 2 is 1.83 bits per heavy atom. The molecule has 23 heavy (non-hydrogen) atoms. The van der Waals surface area contributed by atoms with E-state index in [0.29, 0.717) is 18.5 Å². The normalized spacial score (nSPS) is 11.7. The van der Waals surface area contributed by atoms with E-state index in [1.54, 1.807) is 0 Å². The van der Waals surface area contributed by atoms with Gasteiger partial charge in [-0.1, -0.05) is 49.4 Å². The van der Waals surface area contributed by atoms with Crippen LogP contribution in [0.1, 0.15) is 36.8 Å². The van der Waals surface area contributed by atoms with Crippen molar-refractivity contribution in [3.05, 3.63) is 65.7 Å². The lowest BCUT2D eigenvalue weighted by Crippen LogP contribution is -2.14. The average Bonchev–Trinajstić information content (AvgIpc) is 2.54. The molecule has 0 aliphatic rings. The molecule has 0 fully saturated rings. The lowest BCUT2D eigenvalue weighted by atomic mass is 9.97. The minimum atomic E-state index is -0.823. The topological polar surface area (TPSA) is 66.4 Å². The van der Waals surface area contributed by atoms with Crippen LogP contribution in [0.4, 0.5) is 5.69 Å². The molecular formula is C19H21NO3. The van der Waals surface area contributed by atoms with E-state index in [1.807, 2.05) is 61.5 Å². The fraction of sp³-hybridized carbons (Fsp3) is 0.263. The van der Waals surface area contributed by atoms with Crippen LogP contribution < -0.4 is 5.32 Å². The Kier molecular flexibility index (Phi) is 5.92. The number of rotatable bonds is 7. The first kappa shape index (κ1) is 16.7. The molecule has 0 aromatic heterocycles. The number of aryl methyl sites for hydroxylation is 1. The second-order valence-electron chi connectivity index (χ2n) is 5.66. The third-order valence-corrected chi connectivity index (χ3v) is 3.70. The molecule has 1 amide bonds. The molecule has 0 heterocycles. The van der Waals surface area contributed by atoms with Crippen LogP contribution in [0.3, 0.4) is 0 Å². The zero-order valence-electron chi connectivity index (χ0n) is 13.2. The van der Waals surface area contributed by atoms with Gasteiger partial charge >= 0.3 is 5.97 Å². The molecule has 1 atom stereocenters. The van der Waals surface area contributed by atoms with Gasteiger partial charge in [-0.05, 0) is 35.6 Å². The number of carbonyl (C=O) groups excluding carboxylic acids is 1. The molecule has 2 N–H and O–H groups in total. The highest BCUT2D eigenvalue weighted by Crippen LogP contribution is 2.20. The molecule has 2 aromatic carbocycles. The molecule has 2 rings (SSSR count). The largest absolute Gasteiger partial charge is 0.481 e. The summed E-state index contributed by atoms with van der Waals surface area (Å²) in [5.74, 6) is -0.723. The lowest BCUT2D eigenvalue weighted by Gasteiger charge is -2.12. The van der Waals surface area contributed by atoms with Gasteiger partial charge in [0.05, 0.1) is 0 Å². The number of anilines is 1. The Morgan fingerprint density at radius 1 is 1.09 bits per heavy atom. The summed E-state index contributed by atoms with van der Waals surface area (Å²) in [5.41, 5.74) is 2.75. The summed E-state index contributed by atoms with van der Waals surface area (Å²) in [6.45, 7) is 2.03. The minimum Gasteiger partial charge on any atom is -0.481 e. The number of amides is 1. The van der Waals surface area contributed by atoms with Gasteiger partial charge in [0.1, 0.15) is 0 Å². The molecule has 0 saturated heterocycles. The summed E-state index contributed by atoms with van der Waals surface area (Å²) in [5, 5.41) is 11.6. The predicted octanol–water partition coefficient (Wildman–Crippen LogP) is 3.84. The molecular weight excluding hydrogens is 290 g/mol. The molecule has 0 aliphatic carbocycles. The first-order valence-electron chi connectivity index (χ1n) is 7.70. The first-order valence-corrected chi connectivity index (χ1v) is 7.70. The number of aliphatic carboxylic acids is 1. The lowest BCUT2D eigenvalue weighted by molar-refractivity contribution is -0.137. The molecule has 4 heteroatoms. The SMILES string of the molecule is CC(CC(=O)Nc1cccc(CCC(=O)O)c1)c1ccccc1. The van der Waals surface area contributed by atoms with E-state index in [4.69, 9.17) is 5.11 Å². The monoisotopic (exact) mass is 311 g/mol. The van der Waals surface area contributed by atoms with Gasteiger partial charge in [0.25, 0.3) is 0 Å². The van der Waals surface area contributed by atoms with Crippen molar-refractivity contribution in [2.45, 2.75) is 32.1 Å². The summed E-state index contributed by atoms with van der Waals surface area (Å²) in [6.07, 6.45) is 0.950. The van der Waals surface area contributed by atoms with Crippen LogP contribution in [0.5, 0.6) is 0 Å². The Morgan fingerprint density at radius 3 is 2.52 bits per heavy atom. The van der Waals surface area contributed by atoms with Crippen LogP contribution in [0, 0.1) is 0 Å². The molecule has 0 radical (unpaired) electrons. The highest BCUT2D eigenvalue weighted by molar-refractivity contribution is 5.91. The Bertz CT molecular complexity index is 667. The highest BCUT2D eigenvalue weighted by atomic mass is 16.4. The van der Waals surface area contributed by atoms with Crippen molar-refractivity contribution in [1.82, 2.24) is 0 Å². The van der Waals surface area contributed by atoms with Gasteiger partial charge in [0.2, 0.25) is 5.91 Å². The maximum absolute atomic E-state index is 12.2. The van der Waals surface area contributed by atoms with Crippen molar-refractivity contribution in [3.63, 3.8) is 0 Å². The molecule has 4 nitrogen and oxygen atoms in total. The van der Waals surface area contributed by atoms with Crippen LogP contribution in [0.15, 0.2) is 54.6 Å². The Hall–Kier alpha value is -2.62. The Labute approximate surface area is 136 Å². The summed E-state index contributed by atoms with van der Waals surface area (Å²) in [7, 11) is 0. The number of hydrogen-bond donors (Lipinski definition) is 2. The molecule has 0 spiro atoms. The van der Waals surface area contributed by atoms with Crippen LogP contribution in [-0.4, -0.2) is 17.0 Å².